The van der Waals surface area contributed by atoms with Crippen LogP contribution >= 0.6 is 0 Å². The highest BCUT2D eigenvalue weighted by Gasteiger charge is 2.25. The Morgan fingerprint density at radius 3 is 2.81 bits per heavy atom. The molecule has 1 atom stereocenters. The summed E-state index contributed by atoms with van der Waals surface area (Å²) in [6.45, 7) is 6.89. The van der Waals surface area contributed by atoms with Gasteiger partial charge in [0.1, 0.15) is 5.82 Å². The first-order valence-electron chi connectivity index (χ1n) is 9.77. The quantitative estimate of drug-likeness (QED) is 0.879. The second-order valence-electron chi connectivity index (χ2n) is 7.61. The van der Waals surface area contributed by atoms with Crippen LogP contribution in [0.15, 0.2) is 18.3 Å². The summed E-state index contributed by atoms with van der Waals surface area (Å²) in [7, 11) is 0. The lowest BCUT2D eigenvalue weighted by Crippen LogP contribution is -2.41. The van der Waals surface area contributed by atoms with Gasteiger partial charge in [-0.25, -0.2) is 4.98 Å². The van der Waals surface area contributed by atoms with E-state index in [-0.39, 0.29) is 11.8 Å². The molecule has 0 aliphatic carbocycles. The summed E-state index contributed by atoms with van der Waals surface area (Å²) >= 11 is 0. The van der Waals surface area contributed by atoms with Crippen molar-refractivity contribution in [1.29, 1.82) is 5.26 Å². The van der Waals surface area contributed by atoms with Gasteiger partial charge in [0.15, 0.2) is 0 Å². The second-order valence-corrected chi connectivity index (χ2v) is 7.61. The van der Waals surface area contributed by atoms with Crippen LogP contribution in [0, 0.1) is 23.2 Å². The van der Waals surface area contributed by atoms with Crippen LogP contribution in [0.25, 0.3) is 0 Å². The van der Waals surface area contributed by atoms with E-state index in [1.165, 1.54) is 12.8 Å². The molecule has 3 rings (SSSR count). The van der Waals surface area contributed by atoms with E-state index in [9.17, 15) is 4.79 Å². The van der Waals surface area contributed by atoms with Crippen molar-refractivity contribution in [3.63, 3.8) is 0 Å². The van der Waals surface area contributed by atoms with E-state index in [0.29, 0.717) is 6.42 Å². The average Bonchev–Trinajstić information content (AvgIpc) is 2.68. The van der Waals surface area contributed by atoms with Crippen LogP contribution in [0.5, 0.6) is 0 Å². The Morgan fingerprint density at radius 2 is 2.12 bits per heavy atom. The van der Waals surface area contributed by atoms with Gasteiger partial charge in [-0.05, 0) is 50.3 Å². The lowest BCUT2D eigenvalue weighted by Gasteiger charge is -2.32. The monoisotopic (exact) mass is 355 g/mol. The Morgan fingerprint density at radius 1 is 1.31 bits per heavy atom. The normalized spacial score (nSPS) is 22.0. The van der Waals surface area contributed by atoms with Crippen molar-refractivity contribution in [2.45, 2.75) is 39.0 Å². The lowest BCUT2D eigenvalue weighted by atomic mass is 9.97. The molecule has 26 heavy (non-hydrogen) atoms. The van der Waals surface area contributed by atoms with Crippen molar-refractivity contribution in [2.24, 2.45) is 11.8 Å². The molecule has 2 saturated heterocycles. The van der Waals surface area contributed by atoms with Crippen LogP contribution in [-0.2, 0) is 4.79 Å². The number of pyridine rings is 1. The zero-order valence-electron chi connectivity index (χ0n) is 15.7. The number of carbonyl (C=O) groups excluding carboxylic acids is 1. The summed E-state index contributed by atoms with van der Waals surface area (Å²) in [5, 5.41) is 11.7. The summed E-state index contributed by atoms with van der Waals surface area (Å²) < 4.78 is 0. The number of rotatable bonds is 5. The molecule has 3 heterocycles. The number of hydrogen-bond donors (Lipinski definition) is 1. The number of piperidine rings is 2. The van der Waals surface area contributed by atoms with Gasteiger partial charge in [-0.1, -0.05) is 6.92 Å². The number of amides is 1. The van der Waals surface area contributed by atoms with Gasteiger partial charge in [0, 0.05) is 32.6 Å². The molecule has 6 heteroatoms. The Labute approximate surface area is 156 Å². The standard InChI is InChI=1S/C20H29N5O/c1-16-7-12-25(13-8-16)19-6-5-18(14-22-19)23-20(26)17-4-2-10-24(15-17)11-3-9-21/h5-6,14,16-17H,2-4,7-8,10-13,15H2,1H3,(H,23,26). The third-order valence-corrected chi connectivity index (χ3v) is 5.54. The van der Waals surface area contributed by atoms with E-state index < -0.39 is 0 Å². The van der Waals surface area contributed by atoms with Crippen molar-refractivity contribution in [2.75, 3.05) is 42.9 Å². The number of nitriles is 1. The van der Waals surface area contributed by atoms with Crippen molar-refractivity contribution in [1.82, 2.24) is 9.88 Å². The Balaban J connectivity index is 1.52. The minimum atomic E-state index is -0.00861. The van der Waals surface area contributed by atoms with Gasteiger partial charge in [0.05, 0.1) is 23.9 Å². The van der Waals surface area contributed by atoms with Gasteiger partial charge < -0.3 is 15.1 Å². The number of carbonyl (C=O) groups is 1. The largest absolute Gasteiger partial charge is 0.357 e. The first-order valence-corrected chi connectivity index (χ1v) is 9.77. The molecule has 1 amide bonds. The number of likely N-dealkylation sites (tertiary alicyclic amines) is 1. The number of anilines is 2. The highest BCUT2D eigenvalue weighted by molar-refractivity contribution is 5.92. The van der Waals surface area contributed by atoms with Crippen molar-refractivity contribution in [3.8, 4) is 6.07 Å². The Bertz CT molecular complexity index is 631. The van der Waals surface area contributed by atoms with Gasteiger partial charge in [0.2, 0.25) is 5.91 Å². The number of aromatic nitrogens is 1. The molecule has 0 spiro atoms. The third kappa shape index (κ3) is 4.95. The average molecular weight is 355 g/mol. The molecule has 1 aromatic heterocycles. The highest BCUT2D eigenvalue weighted by Crippen LogP contribution is 2.23. The highest BCUT2D eigenvalue weighted by atomic mass is 16.1. The third-order valence-electron chi connectivity index (χ3n) is 5.54. The second kappa shape index (κ2) is 9.00. The molecule has 0 aromatic carbocycles. The molecule has 140 valence electrons. The molecule has 2 aliphatic rings. The maximum absolute atomic E-state index is 12.6. The van der Waals surface area contributed by atoms with Crippen molar-refractivity contribution >= 4 is 17.4 Å². The zero-order chi connectivity index (χ0) is 18.4. The minimum absolute atomic E-state index is 0.00861. The van der Waals surface area contributed by atoms with Gasteiger partial charge in [0.25, 0.3) is 0 Å². The molecular formula is C20H29N5O. The topological polar surface area (TPSA) is 72.3 Å². The summed E-state index contributed by atoms with van der Waals surface area (Å²) in [5.41, 5.74) is 0.762. The van der Waals surface area contributed by atoms with Crippen LogP contribution in [-0.4, -0.2) is 48.5 Å². The molecule has 0 radical (unpaired) electrons. The molecule has 0 saturated carbocycles. The first kappa shape index (κ1) is 18.7. The van der Waals surface area contributed by atoms with E-state index >= 15 is 0 Å². The fourth-order valence-electron chi connectivity index (χ4n) is 3.81. The Hall–Kier alpha value is -2.13. The molecule has 2 aliphatic heterocycles. The predicted octanol–water partition coefficient (Wildman–Crippen LogP) is 2.88. The van der Waals surface area contributed by atoms with Gasteiger partial charge >= 0.3 is 0 Å². The van der Waals surface area contributed by atoms with Gasteiger partial charge in [-0.15, -0.1) is 0 Å². The van der Waals surface area contributed by atoms with E-state index in [0.717, 1.165) is 63.0 Å². The van der Waals surface area contributed by atoms with Gasteiger partial charge in [-0.2, -0.15) is 5.26 Å². The Kier molecular flexibility index (Phi) is 6.45. The maximum Gasteiger partial charge on any atom is 0.228 e. The van der Waals surface area contributed by atoms with Crippen LogP contribution in [0.2, 0.25) is 0 Å². The van der Waals surface area contributed by atoms with Crippen LogP contribution in [0.4, 0.5) is 11.5 Å². The molecule has 2 fully saturated rings. The van der Waals surface area contributed by atoms with Crippen LogP contribution in [0.1, 0.15) is 39.0 Å². The van der Waals surface area contributed by atoms with Crippen LogP contribution in [0.3, 0.4) is 0 Å². The SMILES string of the molecule is CC1CCN(c2ccc(NC(=O)C3CCCN(CCC#N)C3)cn2)CC1. The van der Waals surface area contributed by atoms with E-state index in [2.05, 4.69) is 33.1 Å². The fourth-order valence-corrected chi connectivity index (χ4v) is 3.81. The number of hydrogen-bond acceptors (Lipinski definition) is 5. The van der Waals surface area contributed by atoms with E-state index in [1.54, 1.807) is 6.20 Å². The number of nitrogens with one attached hydrogen (secondary N) is 1. The molecule has 0 bridgehead atoms. The molecule has 6 nitrogen and oxygen atoms in total. The summed E-state index contributed by atoms with van der Waals surface area (Å²) in [5.74, 6) is 1.85. The summed E-state index contributed by atoms with van der Waals surface area (Å²) in [6, 6.07) is 6.14. The molecular weight excluding hydrogens is 326 g/mol. The van der Waals surface area contributed by atoms with Crippen LogP contribution < -0.4 is 10.2 Å². The van der Waals surface area contributed by atoms with Crippen molar-refractivity contribution in [3.05, 3.63) is 18.3 Å². The van der Waals surface area contributed by atoms with E-state index in [1.807, 2.05) is 12.1 Å². The number of nitrogens with zero attached hydrogens (tertiary/aromatic N) is 4. The maximum atomic E-state index is 12.6. The summed E-state index contributed by atoms with van der Waals surface area (Å²) in [6.07, 6.45) is 6.63. The van der Waals surface area contributed by atoms with E-state index in [4.69, 9.17) is 5.26 Å². The fraction of sp³-hybridized carbons (Fsp3) is 0.650. The molecule has 1 aromatic rings. The predicted molar refractivity (Wildman–Crippen MR) is 103 cm³/mol. The van der Waals surface area contributed by atoms with Gasteiger partial charge in [-0.3, -0.25) is 4.79 Å². The lowest BCUT2D eigenvalue weighted by molar-refractivity contribution is -0.121. The summed E-state index contributed by atoms with van der Waals surface area (Å²) in [4.78, 5) is 21.7. The first-order chi connectivity index (χ1) is 12.7. The minimum Gasteiger partial charge on any atom is -0.357 e. The van der Waals surface area contributed by atoms with Crippen molar-refractivity contribution < 1.29 is 4.79 Å². The molecule has 1 N–H and O–H groups in total. The zero-order valence-corrected chi connectivity index (χ0v) is 15.7. The smallest absolute Gasteiger partial charge is 0.228 e. The molecule has 1 unspecified atom stereocenters.